The molecule has 0 saturated carbocycles. The number of hydrogen-bond acceptors (Lipinski definition) is 5. The Hall–Kier alpha value is -3.35. The van der Waals surface area contributed by atoms with Crippen LogP contribution in [-0.4, -0.2) is 31.0 Å². The van der Waals surface area contributed by atoms with Gasteiger partial charge in [-0.1, -0.05) is 6.07 Å². The Balaban J connectivity index is 1.63. The van der Waals surface area contributed by atoms with E-state index in [1.54, 1.807) is 30.3 Å². The summed E-state index contributed by atoms with van der Waals surface area (Å²) in [7, 11) is 0. The van der Waals surface area contributed by atoms with E-state index in [2.05, 4.69) is 10.6 Å². The van der Waals surface area contributed by atoms with Gasteiger partial charge in [0.2, 0.25) is 5.91 Å². The number of nitrogens with one attached hydrogen (secondary N) is 2. The highest BCUT2D eigenvalue weighted by Crippen LogP contribution is 2.16. The van der Waals surface area contributed by atoms with Crippen molar-refractivity contribution in [1.29, 1.82) is 0 Å². The Morgan fingerprint density at radius 3 is 2.17 bits per heavy atom. The predicted octanol–water partition coefficient (Wildman–Crippen LogP) is 3.99. The van der Waals surface area contributed by atoms with Crippen molar-refractivity contribution < 1.29 is 23.9 Å². The summed E-state index contributed by atoms with van der Waals surface area (Å²) < 4.78 is 10.3. The Morgan fingerprint density at radius 1 is 0.833 bits per heavy atom. The van der Waals surface area contributed by atoms with Crippen molar-refractivity contribution in [2.24, 2.45) is 0 Å². The maximum Gasteiger partial charge on any atom is 0.306 e. The van der Waals surface area contributed by atoms with Gasteiger partial charge in [0, 0.05) is 24.2 Å². The largest absolute Gasteiger partial charge is 0.494 e. The fourth-order valence-electron chi connectivity index (χ4n) is 2.65. The van der Waals surface area contributed by atoms with Crippen molar-refractivity contribution in [2.75, 3.05) is 23.8 Å². The maximum atomic E-state index is 12.0. The summed E-state index contributed by atoms with van der Waals surface area (Å²) in [5.74, 6) is -0.377. The van der Waals surface area contributed by atoms with Crippen LogP contribution in [0.5, 0.6) is 5.75 Å². The number of anilines is 2. The zero-order chi connectivity index (χ0) is 21.9. The summed E-state index contributed by atoms with van der Waals surface area (Å²) in [6, 6.07) is 12.6. The summed E-state index contributed by atoms with van der Waals surface area (Å²) in [4.78, 5) is 35.7. The molecule has 0 heterocycles. The molecule has 0 unspecified atom stereocenters. The minimum absolute atomic E-state index is 0.0631. The van der Waals surface area contributed by atoms with Crippen molar-refractivity contribution in [3.8, 4) is 5.75 Å². The molecule has 160 valence electrons. The Bertz CT molecular complexity index is 878. The van der Waals surface area contributed by atoms with Crippen LogP contribution in [0.25, 0.3) is 0 Å². The molecule has 2 aromatic rings. The number of aryl methyl sites for hydroxylation is 2. The summed E-state index contributed by atoms with van der Waals surface area (Å²) in [5.41, 5.74) is 3.51. The molecule has 2 N–H and O–H groups in total. The Morgan fingerprint density at radius 2 is 1.50 bits per heavy atom. The monoisotopic (exact) mass is 412 g/mol. The first-order valence-electron chi connectivity index (χ1n) is 9.93. The summed E-state index contributed by atoms with van der Waals surface area (Å²) >= 11 is 0. The van der Waals surface area contributed by atoms with Crippen LogP contribution in [0.3, 0.4) is 0 Å². The van der Waals surface area contributed by atoms with Crippen molar-refractivity contribution in [2.45, 2.75) is 40.0 Å². The van der Waals surface area contributed by atoms with Crippen LogP contribution in [-0.2, 0) is 19.1 Å². The minimum atomic E-state index is -0.515. The fourth-order valence-corrected chi connectivity index (χ4v) is 2.65. The quantitative estimate of drug-likeness (QED) is 0.576. The van der Waals surface area contributed by atoms with Gasteiger partial charge in [0.25, 0.3) is 5.91 Å². The van der Waals surface area contributed by atoms with E-state index in [1.807, 2.05) is 32.9 Å². The van der Waals surface area contributed by atoms with Crippen molar-refractivity contribution in [3.63, 3.8) is 0 Å². The van der Waals surface area contributed by atoms with Gasteiger partial charge in [-0.25, -0.2) is 0 Å². The van der Waals surface area contributed by atoms with Crippen LogP contribution in [0.1, 0.15) is 37.3 Å². The van der Waals surface area contributed by atoms with Gasteiger partial charge in [0.1, 0.15) is 5.75 Å². The van der Waals surface area contributed by atoms with Crippen LogP contribution in [0, 0.1) is 13.8 Å². The van der Waals surface area contributed by atoms with Crippen LogP contribution in [0.15, 0.2) is 42.5 Å². The molecule has 2 rings (SSSR count). The van der Waals surface area contributed by atoms with Crippen LogP contribution in [0.4, 0.5) is 11.4 Å². The van der Waals surface area contributed by atoms with E-state index in [4.69, 9.17) is 9.47 Å². The first-order valence-corrected chi connectivity index (χ1v) is 9.93. The number of benzene rings is 2. The lowest BCUT2D eigenvalue weighted by atomic mass is 10.1. The van der Waals surface area contributed by atoms with E-state index < -0.39 is 11.9 Å². The van der Waals surface area contributed by atoms with E-state index in [1.165, 1.54) is 0 Å². The van der Waals surface area contributed by atoms with Gasteiger partial charge in [0.05, 0.1) is 6.61 Å². The zero-order valence-corrected chi connectivity index (χ0v) is 17.6. The highest BCUT2D eigenvalue weighted by molar-refractivity contribution is 5.93. The lowest BCUT2D eigenvalue weighted by Crippen LogP contribution is -2.21. The molecule has 0 aliphatic carbocycles. The number of rotatable bonds is 10. The van der Waals surface area contributed by atoms with Gasteiger partial charge in [-0.15, -0.1) is 0 Å². The standard InChI is InChI=1S/C23H28N2O5/c1-4-29-20-12-10-18(11-13-20)24-21(26)6-5-7-23(28)30-15-22(27)25-19-9-8-16(2)17(3)14-19/h8-14H,4-7,15H2,1-3H3,(H,24,26)(H,25,27). The van der Waals surface area contributed by atoms with Crippen molar-refractivity contribution >= 4 is 29.2 Å². The van der Waals surface area contributed by atoms with Gasteiger partial charge in [-0.2, -0.15) is 0 Å². The Kier molecular flexibility index (Phi) is 8.87. The molecular formula is C23H28N2O5. The number of ether oxygens (including phenoxy) is 2. The third kappa shape index (κ3) is 7.95. The summed E-state index contributed by atoms with van der Waals surface area (Å²) in [5, 5.41) is 5.45. The third-order valence-corrected chi connectivity index (χ3v) is 4.39. The first kappa shape index (κ1) is 22.9. The molecule has 0 spiro atoms. The number of amides is 2. The van der Waals surface area contributed by atoms with E-state index in [0.29, 0.717) is 24.4 Å². The van der Waals surface area contributed by atoms with Crippen molar-refractivity contribution in [1.82, 2.24) is 0 Å². The fraction of sp³-hybridized carbons (Fsp3) is 0.348. The molecule has 0 aromatic heterocycles. The third-order valence-electron chi connectivity index (χ3n) is 4.39. The average Bonchev–Trinajstić information content (AvgIpc) is 2.71. The molecule has 0 fully saturated rings. The lowest BCUT2D eigenvalue weighted by molar-refractivity contribution is -0.147. The zero-order valence-electron chi connectivity index (χ0n) is 17.6. The molecule has 2 amide bonds. The normalized spacial score (nSPS) is 10.2. The van der Waals surface area contributed by atoms with Crippen LogP contribution < -0.4 is 15.4 Å². The number of carbonyl (C=O) groups is 3. The summed E-state index contributed by atoms with van der Waals surface area (Å²) in [6.07, 6.45) is 0.575. The Labute approximate surface area is 176 Å². The van der Waals surface area contributed by atoms with E-state index in [0.717, 1.165) is 16.9 Å². The minimum Gasteiger partial charge on any atom is -0.494 e. The highest BCUT2D eigenvalue weighted by atomic mass is 16.5. The van der Waals surface area contributed by atoms with E-state index in [-0.39, 0.29) is 25.4 Å². The second-order valence-electron chi connectivity index (χ2n) is 6.87. The number of hydrogen-bond donors (Lipinski definition) is 2. The van der Waals surface area contributed by atoms with Crippen LogP contribution in [0.2, 0.25) is 0 Å². The molecule has 0 aliphatic rings. The topological polar surface area (TPSA) is 93.7 Å². The van der Waals surface area contributed by atoms with Gasteiger partial charge in [-0.05, 0) is 74.7 Å². The smallest absolute Gasteiger partial charge is 0.306 e. The molecule has 7 heteroatoms. The lowest BCUT2D eigenvalue weighted by Gasteiger charge is -2.09. The SMILES string of the molecule is CCOc1ccc(NC(=O)CCCC(=O)OCC(=O)Nc2ccc(C)c(C)c2)cc1. The molecular weight excluding hydrogens is 384 g/mol. The molecule has 0 bridgehead atoms. The highest BCUT2D eigenvalue weighted by Gasteiger charge is 2.10. The van der Waals surface area contributed by atoms with Gasteiger partial charge >= 0.3 is 5.97 Å². The summed E-state index contributed by atoms with van der Waals surface area (Å²) in [6.45, 7) is 6.06. The van der Waals surface area contributed by atoms with Crippen LogP contribution >= 0.6 is 0 Å². The molecule has 7 nitrogen and oxygen atoms in total. The second kappa shape index (κ2) is 11.6. The number of carbonyl (C=O) groups excluding carboxylic acids is 3. The van der Waals surface area contributed by atoms with E-state index >= 15 is 0 Å². The average molecular weight is 412 g/mol. The predicted molar refractivity (Wildman–Crippen MR) is 116 cm³/mol. The second-order valence-corrected chi connectivity index (χ2v) is 6.87. The molecule has 0 atom stereocenters. The molecule has 0 aliphatic heterocycles. The first-order chi connectivity index (χ1) is 14.4. The number of esters is 1. The molecule has 2 aromatic carbocycles. The van der Waals surface area contributed by atoms with Gasteiger partial charge < -0.3 is 20.1 Å². The van der Waals surface area contributed by atoms with Gasteiger partial charge in [0.15, 0.2) is 6.61 Å². The van der Waals surface area contributed by atoms with E-state index in [9.17, 15) is 14.4 Å². The van der Waals surface area contributed by atoms with Gasteiger partial charge in [-0.3, -0.25) is 14.4 Å². The molecule has 30 heavy (non-hydrogen) atoms. The van der Waals surface area contributed by atoms with Crippen molar-refractivity contribution in [3.05, 3.63) is 53.6 Å². The maximum absolute atomic E-state index is 12.0. The molecule has 0 radical (unpaired) electrons. The molecule has 0 saturated heterocycles.